The summed E-state index contributed by atoms with van der Waals surface area (Å²) >= 11 is 0. The second kappa shape index (κ2) is 6.36. The van der Waals surface area contributed by atoms with Crippen LogP contribution in [0, 0.1) is 0 Å². The number of aliphatic carboxylic acids is 1. The molecule has 0 bridgehead atoms. The topological polar surface area (TPSA) is 58.6 Å². The van der Waals surface area contributed by atoms with Gasteiger partial charge < -0.3 is 15.2 Å². The molecule has 0 amide bonds. The first-order valence-electron chi connectivity index (χ1n) is 6.86. The molecule has 0 saturated heterocycles. The second-order valence-electron chi connectivity index (χ2n) is 5.25. The monoisotopic (exact) mass is 241 g/mol. The standard InChI is InChI=1S/C13H23NO3/c15-13(16)12(14-10-6-7-10)8-9-17-11-4-2-1-3-5-11/h10-12,14H,1-9H2,(H,15,16). The molecular formula is C13H23NO3. The summed E-state index contributed by atoms with van der Waals surface area (Å²) in [5.41, 5.74) is 0. The Morgan fingerprint density at radius 1 is 1.24 bits per heavy atom. The highest BCUT2D eigenvalue weighted by molar-refractivity contribution is 5.73. The van der Waals surface area contributed by atoms with Crippen LogP contribution in [0.5, 0.6) is 0 Å². The van der Waals surface area contributed by atoms with Gasteiger partial charge in [0.25, 0.3) is 0 Å². The number of hydrogen-bond acceptors (Lipinski definition) is 3. The summed E-state index contributed by atoms with van der Waals surface area (Å²) in [7, 11) is 0. The minimum absolute atomic E-state index is 0.374. The molecule has 98 valence electrons. The first-order valence-corrected chi connectivity index (χ1v) is 6.86. The SMILES string of the molecule is O=C(O)C(CCOC1CCCCC1)NC1CC1. The van der Waals surface area contributed by atoms with E-state index in [2.05, 4.69) is 5.32 Å². The maximum Gasteiger partial charge on any atom is 0.320 e. The number of hydrogen-bond donors (Lipinski definition) is 2. The Labute approximate surface area is 103 Å². The van der Waals surface area contributed by atoms with Crippen LogP contribution in [0.1, 0.15) is 51.4 Å². The van der Waals surface area contributed by atoms with E-state index in [9.17, 15) is 4.79 Å². The Balaban J connectivity index is 1.62. The molecule has 2 rings (SSSR count). The fourth-order valence-electron chi connectivity index (χ4n) is 2.40. The van der Waals surface area contributed by atoms with E-state index in [0.717, 1.165) is 25.7 Å². The van der Waals surface area contributed by atoms with Crippen molar-refractivity contribution in [3.8, 4) is 0 Å². The molecule has 2 fully saturated rings. The van der Waals surface area contributed by atoms with E-state index < -0.39 is 12.0 Å². The molecule has 0 aromatic rings. The molecule has 1 unspecified atom stereocenters. The molecule has 0 aromatic carbocycles. The van der Waals surface area contributed by atoms with Gasteiger partial charge in [-0.3, -0.25) is 4.79 Å². The normalized spacial score (nSPS) is 23.5. The van der Waals surface area contributed by atoms with Crippen LogP contribution in [0.15, 0.2) is 0 Å². The molecule has 0 aromatic heterocycles. The van der Waals surface area contributed by atoms with Gasteiger partial charge in [-0.1, -0.05) is 19.3 Å². The molecule has 2 aliphatic carbocycles. The van der Waals surface area contributed by atoms with Crippen molar-refractivity contribution >= 4 is 5.97 Å². The Kier molecular flexibility index (Phi) is 4.80. The van der Waals surface area contributed by atoms with E-state index in [1.165, 1.54) is 19.3 Å². The largest absolute Gasteiger partial charge is 0.480 e. The molecule has 0 heterocycles. The van der Waals surface area contributed by atoms with Gasteiger partial charge in [0.2, 0.25) is 0 Å². The maximum absolute atomic E-state index is 11.0. The van der Waals surface area contributed by atoms with Gasteiger partial charge in [0.05, 0.1) is 6.10 Å². The van der Waals surface area contributed by atoms with Gasteiger partial charge in [-0.15, -0.1) is 0 Å². The highest BCUT2D eigenvalue weighted by Crippen LogP contribution is 2.22. The number of ether oxygens (including phenoxy) is 1. The van der Waals surface area contributed by atoms with Crippen molar-refractivity contribution in [3.63, 3.8) is 0 Å². The lowest BCUT2D eigenvalue weighted by molar-refractivity contribution is -0.140. The van der Waals surface area contributed by atoms with Crippen LogP contribution in [0.3, 0.4) is 0 Å². The zero-order valence-corrected chi connectivity index (χ0v) is 10.4. The minimum Gasteiger partial charge on any atom is -0.480 e. The van der Waals surface area contributed by atoms with Crippen LogP contribution >= 0.6 is 0 Å². The van der Waals surface area contributed by atoms with Crippen LogP contribution in [0.4, 0.5) is 0 Å². The lowest BCUT2D eigenvalue weighted by atomic mass is 9.98. The molecule has 17 heavy (non-hydrogen) atoms. The summed E-state index contributed by atoms with van der Waals surface area (Å²) in [4.78, 5) is 11.0. The van der Waals surface area contributed by atoms with Gasteiger partial charge >= 0.3 is 5.97 Å². The molecule has 1 atom stereocenters. The Bertz CT molecular complexity index is 247. The highest BCUT2D eigenvalue weighted by atomic mass is 16.5. The van der Waals surface area contributed by atoms with Crippen molar-refractivity contribution in [2.24, 2.45) is 0 Å². The van der Waals surface area contributed by atoms with E-state index in [0.29, 0.717) is 25.2 Å². The predicted octanol–water partition coefficient (Wildman–Crippen LogP) is 1.93. The Hall–Kier alpha value is -0.610. The number of carbonyl (C=O) groups is 1. The molecule has 2 N–H and O–H groups in total. The number of carboxylic acids is 1. The van der Waals surface area contributed by atoms with Gasteiger partial charge in [-0.05, 0) is 32.1 Å². The predicted molar refractivity (Wildman–Crippen MR) is 65.0 cm³/mol. The zero-order chi connectivity index (χ0) is 12.1. The lowest BCUT2D eigenvalue weighted by Gasteiger charge is -2.23. The third-order valence-electron chi connectivity index (χ3n) is 3.62. The van der Waals surface area contributed by atoms with Gasteiger partial charge in [-0.25, -0.2) is 0 Å². The van der Waals surface area contributed by atoms with Crippen molar-refractivity contribution in [2.45, 2.75) is 69.6 Å². The molecule has 0 radical (unpaired) electrons. The summed E-state index contributed by atoms with van der Waals surface area (Å²) in [6.45, 7) is 0.571. The smallest absolute Gasteiger partial charge is 0.320 e. The summed E-state index contributed by atoms with van der Waals surface area (Å²) < 4.78 is 5.76. The summed E-state index contributed by atoms with van der Waals surface area (Å²) in [5, 5.41) is 12.2. The van der Waals surface area contributed by atoms with Gasteiger partial charge in [-0.2, -0.15) is 0 Å². The van der Waals surface area contributed by atoms with E-state index in [-0.39, 0.29) is 0 Å². The van der Waals surface area contributed by atoms with Crippen LogP contribution in [0.25, 0.3) is 0 Å². The van der Waals surface area contributed by atoms with E-state index in [1.54, 1.807) is 0 Å². The first-order chi connectivity index (χ1) is 8.25. The molecule has 4 nitrogen and oxygen atoms in total. The molecule has 0 aliphatic heterocycles. The maximum atomic E-state index is 11.0. The van der Waals surface area contributed by atoms with Crippen molar-refractivity contribution in [2.75, 3.05) is 6.61 Å². The molecule has 0 spiro atoms. The quantitative estimate of drug-likeness (QED) is 0.715. The van der Waals surface area contributed by atoms with Crippen molar-refractivity contribution in [1.29, 1.82) is 0 Å². The molecule has 4 heteroatoms. The van der Waals surface area contributed by atoms with Crippen molar-refractivity contribution < 1.29 is 14.6 Å². The molecular weight excluding hydrogens is 218 g/mol. The fourth-order valence-corrected chi connectivity index (χ4v) is 2.40. The van der Waals surface area contributed by atoms with Gasteiger partial charge in [0.1, 0.15) is 6.04 Å². The summed E-state index contributed by atoms with van der Waals surface area (Å²) in [6.07, 6.45) is 9.32. The summed E-state index contributed by atoms with van der Waals surface area (Å²) in [6, 6.07) is 0.0110. The second-order valence-corrected chi connectivity index (χ2v) is 5.25. The third-order valence-corrected chi connectivity index (χ3v) is 3.62. The number of nitrogens with one attached hydrogen (secondary N) is 1. The van der Waals surface area contributed by atoms with E-state index >= 15 is 0 Å². The zero-order valence-electron chi connectivity index (χ0n) is 10.4. The van der Waals surface area contributed by atoms with Crippen molar-refractivity contribution in [1.82, 2.24) is 5.32 Å². The Morgan fingerprint density at radius 3 is 2.53 bits per heavy atom. The van der Waals surface area contributed by atoms with Crippen molar-refractivity contribution in [3.05, 3.63) is 0 Å². The fraction of sp³-hybridized carbons (Fsp3) is 0.923. The minimum atomic E-state index is -0.746. The average Bonchev–Trinajstić information content (AvgIpc) is 3.13. The average molecular weight is 241 g/mol. The van der Waals surface area contributed by atoms with Gasteiger partial charge in [0, 0.05) is 12.6 Å². The highest BCUT2D eigenvalue weighted by Gasteiger charge is 2.28. The number of rotatable bonds is 7. The van der Waals surface area contributed by atoms with Gasteiger partial charge in [0.15, 0.2) is 0 Å². The van der Waals surface area contributed by atoms with E-state index in [1.807, 2.05) is 0 Å². The van der Waals surface area contributed by atoms with Crippen LogP contribution in [0.2, 0.25) is 0 Å². The van der Waals surface area contributed by atoms with Crippen LogP contribution in [-0.4, -0.2) is 35.9 Å². The molecule has 2 saturated carbocycles. The van der Waals surface area contributed by atoms with Crippen LogP contribution < -0.4 is 5.32 Å². The lowest BCUT2D eigenvalue weighted by Crippen LogP contribution is -2.39. The number of carboxylic acid groups (broad SMARTS) is 1. The third kappa shape index (κ3) is 4.64. The first kappa shape index (κ1) is 12.8. The Morgan fingerprint density at radius 2 is 1.94 bits per heavy atom. The van der Waals surface area contributed by atoms with Crippen LogP contribution in [-0.2, 0) is 9.53 Å². The summed E-state index contributed by atoms with van der Waals surface area (Å²) in [5.74, 6) is -0.746. The van der Waals surface area contributed by atoms with E-state index in [4.69, 9.17) is 9.84 Å². The molecule has 2 aliphatic rings.